The van der Waals surface area contributed by atoms with E-state index >= 15 is 0 Å². The van der Waals surface area contributed by atoms with Gasteiger partial charge < -0.3 is 15.0 Å². The van der Waals surface area contributed by atoms with E-state index in [9.17, 15) is 4.79 Å². The molecule has 0 aromatic heterocycles. The third-order valence-corrected chi connectivity index (χ3v) is 2.71. The minimum Gasteiger partial charge on any atom is -0.492 e. The molecule has 0 unspecified atom stereocenters. The van der Waals surface area contributed by atoms with Crippen LogP contribution in [0.4, 0.5) is 0 Å². The Kier molecular flexibility index (Phi) is 6.54. The van der Waals surface area contributed by atoms with E-state index in [-0.39, 0.29) is 5.91 Å². The molecule has 0 aliphatic heterocycles. The molecule has 0 fully saturated rings. The van der Waals surface area contributed by atoms with Crippen LogP contribution in [0.3, 0.4) is 0 Å². The Bertz CT molecular complexity index is 368. The number of benzene rings is 1. The quantitative estimate of drug-likeness (QED) is 0.821. The summed E-state index contributed by atoms with van der Waals surface area (Å²) >= 11 is 5.77. The van der Waals surface area contributed by atoms with E-state index in [1.54, 1.807) is 24.1 Å². The fraction of sp³-hybridized carbons (Fsp3) is 0.462. The standard InChI is InChI=1S/C13H19ClN2O2/c1-3-15-10-13(17)16(2)8-9-18-12-6-4-11(14)5-7-12/h4-7,15H,3,8-10H2,1-2H3. The van der Waals surface area contributed by atoms with Crippen molar-refractivity contribution in [2.45, 2.75) is 6.92 Å². The topological polar surface area (TPSA) is 41.6 Å². The van der Waals surface area contributed by atoms with E-state index in [0.29, 0.717) is 24.7 Å². The number of hydrogen-bond acceptors (Lipinski definition) is 3. The van der Waals surface area contributed by atoms with Gasteiger partial charge in [-0.3, -0.25) is 4.79 Å². The average Bonchev–Trinajstić information content (AvgIpc) is 2.38. The minimum atomic E-state index is 0.0663. The molecule has 1 rings (SSSR count). The molecule has 18 heavy (non-hydrogen) atoms. The van der Waals surface area contributed by atoms with Crippen molar-refractivity contribution in [3.63, 3.8) is 0 Å². The molecule has 0 radical (unpaired) electrons. The van der Waals surface area contributed by atoms with Crippen molar-refractivity contribution in [3.05, 3.63) is 29.3 Å². The van der Waals surface area contributed by atoms with E-state index in [1.165, 1.54) is 0 Å². The van der Waals surface area contributed by atoms with Crippen LogP contribution in [0.15, 0.2) is 24.3 Å². The van der Waals surface area contributed by atoms with Crippen LogP contribution in [0.1, 0.15) is 6.92 Å². The summed E-state index contributed by atoms with van der Waals surface area (Å²) in [5.74, 6) is 0.823. The SMILES string of the molecule is CCNCC(=O)N(C)CCOc1ccc(Cl)cc1. The normalized spacial score (nSPS) is 10.2. The minimum absolute atomic E-state index is 0.0663. The van der Waals surface area contributed by atoms with E-state index in [2.05, 4.69) is 5.32 Å². The van der Waals surface area contributed by atoms with Crippen LogP contribution in [-0.2, 0) is 4.79 Å². The Morgan fingerprint density at radius 2 is 2.06 bits per heavy atom. The van der Waals surface area contributed by atoms with Crippen LogP contribution >= 0.6 is 11.6 Å². The summed E-state index contributed by atoms with van der Waals surface area (Å²) in [5.41, 5.74) is 0. The van der Waals surface area contributed by atoms with Crippen molar-refractivity contribution in [2.75, 3.05) is 33.3 Å². The maximum Gasteiger partial charge on any atom is 0.236 e. The molecule has 4 nitrogen and oxygen atoms in total. The van der Waals surface area contributed by atoms with E-state index in [4.69, 9.17) is 16.3 Å². The number of carbonyl (C=O) groups is 1. The Labute approximate surface area is 113 Å². The third kappa shape index (κ3) is 5.38. The molecule has 0 atom stereocenters. The first-order valence-electron chi connectivity index (χ1n) is 5.96. The second kappa shape index (κ2) is 7.95. The van der Waals surface area contributed by atoms with Crippen LogP contribution in [0.5, 0.6) is 5.75 Å². The number of nitrogens with one attached hydrogen (secondary N) is 1. The molecule has 1 aromatic rings. The fourth-order valence-corrected chi connectivity index (χ4v) is 1.45. The lowest BCUT2D eigenvalue weighted by molar-refractivity contribution is -0.129. The molecule has 1 N–H and O–H groups in total. The lowest BCUT2D eigenvalue weighted by Crippen LogP contribution is -2.37. The first-order chi connectivity index (χ1) is 8.63. The Hall–Kier alpha value is -1.26. The predicted molar refractivity (Wildman–Crippen MR) is 73.1 cm³/mol. The molecule has 0 spiro atoms. The molecular formula is C13H19ClN2O2. The maximum atomic E-state index is 11.6. The fourth-order valence-electron chi connectivity index (χ4n) is 1.32. The highest BCUT2D eigenvalue weighted by molar-refractivity contribution is 6.30. The number of likely N-dealkylation sites (N-methyl/N-ethyl adjacent to an activating group) is 2. The molecule has 1 aromatic carbocycles. The van der Waals surface area contributed by atoms with Gasteiger partial charge in [-0.15, -0.1) is 0 Å². The molecule has 1 amide bonds. The van der Waals surface area contributed by atoms with E-state index in [0.717, 1.165) is 12.3 Å². The molecule has 0 aliphatic rings. The van der Waals surface area contributed by atoms with Gasteiger partial charge in [0.05, 0.1) is 13.1 Å². The van der Waals surface area contributed by atoms with Crippen LogP contribution in [0, 0.1) is 0 Å². The predicted octanol–water partition coefficient (Wildman–Crippen LogP) is 1.79. The van der Waals surface area contributed by atoms with Crippen molar-refractivity contribution >= 4 is 17.5 Å². The summed E-state index contributed by atoms with van der Waals surface area (Å²) in [6.07, 6.45) is 0. The molecular weight excluding hydrogens is 252 g/mol. The second-order valence-corrected chi connectivity index (χ2v) is 4.33. The van der Waals surface area contributed by atoms with Gasteiger partial charge in [0.25, 0.3) is 0 Å². The molecule has 0 saturated heterocycles. The number of ether oxygens (including phenoxy) is 1. The van der Waals surface area contributed by atoms with Crippen LogP contribution in [0.2, 0.25) is 5.02 Å². The average molecular weight is 271 g/mol. The van der Waals surface area contributed by atoms with Crippen molar-refractivity contribution in [1.82, 2.24) is 10.2 Å². The maximum absolute atomic E-state index is 11.6. The van der Waals surface area contributed by atoms with Crippen LogP contribution in [-0.4, -0.2) is 44.1 Å². The zero-order valence-electron chi connectivity index (χ0n) is 10.8. The summed E-state index contributed by atoms with van der Waals surface area (Å²) in [6, 6.07) is 7.17. The highest BCUT2D eigenvalue weighted by Crippen LogP contribution is 2.15. The number of carbonyl (C=O) groups excluding carboxylic acids is 1. The second-order valence-electron chi connectivity index (χ2n) is 3.90. The molecule has 0 bridgehead atoms. The molecule has 0 aliphatic carbocycles. The molecule has 0 saturated carbocycles. The van der Waals surface area contributed by atoms with Crippen LogP contribution < -0.4 is 10.1 Å². The summed E-state index contributed by atoms with van der Waals surface area (Å²) in [5, 5.41) is 3.68. The number of hydrogen-bond donors (Lipinski definition) is 1. The highest BCUT2D eigenvalue weighted by atomic mass is 35.5. The monoisotopic (exact) mass is 270 g/mol. The van der Waals surface area contributed by atoms with Crippen LogP contribution in [0.25, 0.3) is 0 Å². The van der Waals surface area contributed by atoms with Gasteiger partial charge in [0.2, 0.25) is 5.91 Å². The Morgan fingerprint density at radius 1 is 1.39 bits per heavy atom. The first kappa shape index (κ1) is 14.8. The van der Waals surface area contributed by atoms with Gasteiger partial charge in [-0.1, -0.05) is 18.5 Å². The molecule has 5 heteroatoms. The Balaban J connectivity index is 2.24. The van der Waals surface area contributed by atoms with Gasteiger partial charge in [0.15, 0.2) is 0 Å². The molecule has 100 valence electrons. The summed E-state index contributed by atoms with van der Waals surface area (Å²) < 4.78 is 5.51. The first-order valence-corrected chi connectivity index (χ1v) is 6.34. The van der Waals surface area contributed by atoms with Gasteiger partial charge in [-0.25, -0.2) is 0 Å². The van der Waals surface area contributed by atoms with Crippen molar-refractivity contribution in [2.24, 2.45) is 0 Å². The van der Waals surface area contributed by atoms with Gasteiger partial charge in [0.1, 0.15) is 12.4 Å². The van der Waals surface area contributed by atoms with Gasteiger partial charge in [0, 0.05) is 12.1 Å². The number of rotatable bonds is 7. The zero-order valence-corrected chi connectivity index (χ0v) is 11.5. The number of amides is 1. The third-order valence-electron chi connectivity index (χ3n) is 2.46. The lowest BCUT2D eigenvalue weighted by atomic mass is 10.3. The van der Waals surface area contributed by atoms with E-state index in [1.807, 2.05) is 19.1 Å². The van der Waals surface area contributed by atoms with Gasteiger partial charge in [-0.2, -0.15) is 0 Å². The summed E-state index contributed by atoms with van der Waals surface area (Å²) in [7, 11) is 1.77. The zero-order chi connectivity index (χ0) is 13.4. The summed E-state index contributed by atoms with van der Waals surface area (Å²) in [4.78, 5) is 13.2. The number of halogens is 1. The smallest absolute Gasteiger partial charge is 0.236 e. The van der Waals surface area contributed by atoms with Crippen molar-refractivity contribution in [1.29, 1.82) is 0 Å². The summed E-state index contributed by atoms with van der Waals surface area (Å²) in [6.45, 7) is 4.16. The van der Waals surface area contributed by atoms with Crippen molar-refractivity contribution in [3.8, 4) is 5.75 Å². The number of nitrogens with zero attached hydrogens (tertiary/aromatic N) is 1. The molecule has 0 heterocycles. The highest BCUT2D eigenvalue weighted by Gasteiger charge is 2.07. The van der Waals surface area contributed by atoms with Crippen molar-refractivity contribution < 1.29 is 9.53 Å². The van der Waals surface area contributed by atoms with E-state index < -0.39 is 0 Å². The van der Waals surface area contributed by atoms with Gasteiger partial charge >= 0.3 is 0 Å². The largest absolute Gasteiger partial charge is 0.492 e. The lowest BCUT2D eigenvalue weighted by Gasteiger charge is -2.17. The van der Waals surface area contributed by atoms with Gasteiger partial charge in [-0.05, 0) is 30.8 Å². The Morgan fingerprint density at radius 3 is 2.67 bits per heavy atom.